The molecule has 9 heteroatoms. The second-order valence-electron chi connectivity index (χ2n) is 6.16. The standard InChI is InChI=1S/C19H21ClN2O5S/c1-26-18-9-8-14(13-16(18)22-11-4-7-19(22)23)28(24,25)21-10-12-27-17-6-3-2-5-15(17)20/h2-3,5-6,8-9,13,21H,4,7,10-12H2,1H3. The van der Waals surface area contributed by atoms with Crippen LogP contribution in [0.2, 0.25) is 5.02 Å². The van der Waals surface area contributed by atoms with Gasteiger partial charge in [-0.2, -0.15) is 0 Å². The van der Waals surface area contributed by atoms with Crippen LogP contribution in [0.5, 0.6) is 11.5 Å². The first-order valence-corrected chi connectivity index (χ1v) is 10.6. The Morgan fingerprint density at radius 3 is 2.64 bits per heavy atom. The van der Waals surface area contributed by atoms with E-state index in [-0.39, 0.29) is 24.0 Å². The van der Waals surface area contributed by atoms with Crippen LogP contribution in [0.15, 0.2) is 47.4 Å². The van der Waals surface area contributed by atoms with Crippen molar-refractivity contribution in [3.05, 3.63) is 47.5 Å². The molecule has 1 heterocycles. The molecular weight excluding hydrogens is 404 g/mol. The Bertz CT molecular complexity index is 965. The van der Waals surface area contributed by atoms with Gasteiger partial charge in [-0.3, -0.25) is 4.79 Å². The highest BCUT2D eigenvalue weighted by Crippen LogP contribution is 2.33. The molecule has 7 nitrogen and oxygen atoms in total. The van der Waals surface area contributed by atoms with Crippen molar-refractivity contribution >= 4 is 33.2 Å². The van der Waals surface area contributed by atoms with E-state index in [9.17, 15) is 13.2 Å². The van der Waals surface area contributed by atoms with Crippen LogP contribution in [0.4, 0.5) is 5.69 Å². The molecule has 0 saturated carbocycles. The molecule has 0 bridgehead atoms. The number of hydrogen-bond donors (Lipinski definition) is 1. The minimum Gasteiger partial charge on any atom is -0.495 e. The van der Waals surface area contributed by atoms with Crippen molar-refractivity contribution < 1.29 is 22.7 Å². The largest absolute Gasteiger partial charge is 0.495 e. The SMILES string of the molecule is COc1ccc(S(=O)(=O)NCCOc2ccccc2Cl)cc1N1CCCC1=O. The smallest absolute Gasteiger partial charge is 0.240 e. The van der Waals surface area contributed by atoms with Crippen LogP contribution in [0, 0.1) is 0 Å². The number of halogens is 1. The average Bonchev–Trinajstić information content (AvgIpc) is 3.11. The summed E-state index contributed by atoms with van der Waals surface area (Å²) in [5.41, 5.74) is 0.459. The van der Waals surface area contributed by atoms with E-state index in [1.54, 1.807) is 35.2 Å². The van der Waals surface area contributed by atoms with Crippen molar-refractivity contribution in [3.8, 4) is 11.5 Å². The lowest BCUT2D eigenvalue weighted by Crippen LogP contribution is -2.29. The summed E-state index contributed by atoms with van der Waals surface area (Å²) in [7, 11) is -2.29. The fraction of sp³-hybridized carbons (Fsp3) is 0.316. The van der Waals surface area contributed by atoms with E-state index in [0.29, 0.717) is 35.2 Å². The van der Waals surface area contributed by atoms with Crippen LogP contribution in [-0.2, 0) is 14.8 Å². The van der Waals surface area contributed by atoms with Crippen LogP contribution >= 0.6 is 11.6 Å². The Balaban J connectivity index is 1.69. The monoisotopic (exact) mass is 424 g/mol. The Kier molecular flexibility index (Phi) is 6.43. The van der Waals surface area contributed by atoms with E-state index in [2.05, 4.69) is 4.72 Å². The summed E-state index contributed by atoms with van der Waals surface area (Å²) in [5, 5.41) is 0.459. The molecule has 0 aromatic heterocycles. The van der Waals surface area contributed by atoms with E-state index in [1.165, 1.54) is 19.2 Å². The van der Waals surface area contributed by atoms with Crippen LogP contribution in [-0.4, -0.2) is 41.1 Å². The van der Waals surface area contributed by atoms with Crippen LogP contribution in [0.1, 0.15) is 12.8 Å². The van der Waals surface area contributed by atoms with E-state index in [4.69, 9.17) is 21.1 Å². The first-order valence-electron chi connectivity index (χ1n) is 8.78. The summed E-state index contributed by atoms with van der Waals surface area (Å²) in [5.74, 6) is 0.896. The molecule has 3 rings (SSSR count). The first-order chi connectivity index (χ1) is 13.4. The summed E-state index contributed by atoms with van der Waals surface area (Å²) >= 11 is 6.00. The number of rotatable bonds is 8. The van der Waals surface area contributed by atoms with Gasteiger partial charge in [0.15, 0.2) is 0 Å². The van der Waals surface area contributed by atoms with Crippen LogP contribution in [0.25, 0.3) is 0 Å². The van der Waals surface area contributed by atoms with Gasteiger partial charge in [-0.05, 0) is 36.8 Å². The zero-order valence-corrected chi connectivity index (χ0v) is 16.9. The van der Waals surface area contributed by atoms with Gasteiger partial charge in [0.05, 0.1) is 22.7 Å². The number of ether oxygens (including phenoxy) is 2. The van der Waals surface area contributed by atoms with E-state index < -0.39 is 10.0 Å². The van der Waals surface area contributed by atoms with Crippen molar-refractivity contribution in [2.75, 3.05) is 31.7 Å². The van der Waals surface area contributed by atoms with Crippen LogP contribution < -0.4 is 19.1 Å². The van der Waals surface area contributed by atoms with Crippen molar-refractivity contribution in [2.24, 2.45) is 0 Å². The number of sulfonamides is 1. The summed E-state index contributed by atoms with van der Waals surface area (Å²) in [6, 6.07) is 11.4. The topological polar surface area (TPSA) is 84.9 Å². The van der Waals surface area contributed by atoms with E-state index >= 15 is 0 Å². The van der Waals surface area contributed by atoms with Gasteiger partial charge < -0.3 is 14.4 Å². The quantitative estimate of drug-likeness (QED) is 0.658. The normalized spacial score (nSPS) is 14.4. The fourth-order valence-electron chi connectivity index (χ4n) is 2.93. The number of benzene rings is 2. The maximum absolute atomic E-state index is 12.6. The van der Waals surface area contributed by atoms with Gasteiger partial charge in [-0.1, -0.05) is 23.7 Å². The predicted molar refractivity (Wildman–Crippen MR) is 107 cm³/mol. The third-order valence-corrected chi connectivity index (χ3v) is 6.08. The van der Waals surface area contributed by atoms with Gasteiger partial charge in [0.1, 0.15) is 18.1 Å². The molecular formula is C19H21ClN2O5S. The third-order valence-electron chi connectivity index (χ3n) is 4.31. The highest BCUT2D eigenvalue weighted by atomic mass is 35.5. The van der Waals surface area contributed by atoms with Crippen molar-refractivity contribution in [2.45, 2.75) is 17.7 Å². The molecule has 1 amide bonds. The number of hydrogen-bond acceptors (Lipinski definition) is 5. The molecule has 1 fully saturated rings. The zero-order valence-electron chi connectivity index (χ0n) is 15.4. The molecule has 0 unspecified atom stereocenters. The second-order valence-corrected chi connectivity index (χ2v) is 8.33. The second kappa shape index (κ2) is 8.81. The molecule has 0 aliphatic carbocycles. The molecule has 1 aliphatic heterocycles. The summed E-state index contributed by atoms with van der Waals surface area (Å²) < 4.78 is 38.5. The van der Waals surface area contributed by atoms with Crippen molar-refractivity contribution in [3.63, 3.8) is 0 Å². The lowest BCUT2D eigenvalue weighted by atomic mass is 10.2. The highest BCUT2D eigenvalue weighted by molar-refractivity contribution is 7.89. The zero-order chi connectivity index (χ0) is 20.1. The highest BCUT2D eigenvalue weighted by Gasteiger charge is 2.26. The summed E-state index contributed by atoms with van der Waals surface area (Å²) in [6.45, 7) is 0.728. The molecule has 2 aromatic carbocycles. The summed E-state index contributed by atoms with van der Waals surface area (Å²) in [4.78, 5) is 13.7. The lowest BCUT2D eigenvalue weighted by molar-refractivity contribution is -0.117. The third kappa shape index (κ3) is 4.57. The first kappa shape index (κ1) is 20.4. The number of methoxy groups -OCH3 is 1. The fourth-order valence-corrected chi connectivity index (χ4v) is 4.16. The number of nitrogens with zero attached hydrogens (tertiary/aromatic N) is 1. The van der Waals surface area contributed by atoms with Gasteiger partial charge >= 0.3 is 0 Å². The molecule has 1 N–H and O–H groups in total. The number of amides is 1. The number of carbonyl (C=O) groups is 1. The number of nitrogens with one attached hydrogen (secondary N) is 1. The predicted octanol–water partition coefficient (Wildman–Crippen LogP) is 2.83. The summed E-state index contributed by atoms with van der Waals surface area (Å²) in [6.07, 6.45) is 1.17. The minimum absolute atomic E-state index is 0.0473. The molecule has 1 saturated heterocycles. The molecule has 2 aromatic rings. The van der Waals surface area contributed by atoms with E-state index in [0.717, 1.165) is 6.42 Å². The molecule has 150 valence electrons. The lowest BCUT2D eigenvalue weighted by Gasteiger charge is -2.20. The van der Waals surface area contributed by atoms with Crippen molar-refractivity contribution in [1.82, 2.24) is 4.72 Å². The van der Waals surface area contributed by atoms with Crippen molar-refractivity contribution in [1.29, 1.82) is 0 Å². The maximum atomic E-state index is 12.6. The molecule has 0 atom stereocenters. The maximum Gasteiger partial charge on any atom is 0.240 e. The number of carbonyl (C=O) groups excluding carboxylic acids is 1. The Morgan fingerprint density at radius 2 is 1.96 bits per heavy atom. The Hall–Kier alpha value is -2.29. The van der Waals surface area contributed by atoms with Crippen LogP contribution in [0.3, 0.4) is 0 Å². The van der Waals surface area contributed by atoms with Gasteiger partial charge in [-0.25, -0.2) is 13.1 Å². The van der Waals surface area contributed by atoms with Gasteiger partial charge in [-0.15, -0.1) is 0 Å². The molecule has 0 radical (unpaired) electrons. The molecule has 0 spiro atoms. The molecule has 28 heavy (non-hydrogen) atoms. The Labute approximate surface area is 169 Å². The number of para-hydroxylation sites is 1. The van der Waals surface area contributed by atoms with Gasteiger partial charge in [0, 0.05) is 19.5 Å². The van der Waals surface area contributed by atoms with Gasteiger partial charge in [0.25, 0.3) is 0 Å². The minimum atomic E-state index is -3.78. The number of anilines is 1. The van der Waals surface area contributed by atoms with Gasteiger partial charge in [0.2, 0.25) is 15.9 Å². The van der Waals surface area contributed by atoms with E-state index in [1.807, 2.05) is 0 Å². The Morgan fingerprint density at radius 1 is 1.18 bits per heavy atom. The average molecular weight is 425 g/mol. The molecule has 1 aliphatic rings.